The van der Waals surface area contributed by atoms with Crippen LogP contribution in [0.25, 0.3) is 0 Å². The number of carbonyl (C=O) groups is 2. The van der Waals surface area contributed by atoms with Crippen LogP contribution in [0.5, 0.6) is 0 Å². The Balaban J connectivity index is 2.57. The summed E-state index contributed by atoms with van der Waals surface area (Å²) in [5, 5.41) is 5.32. The number of aromatic nitrogens is 1. The second-order valence-corrected chi connectivity index (χ2v) is 4.78. The molecule has 0 radical (unpaired) electrons. The molecule has 104 valence electrons. The van der Waals surface area contributed by atoms with E-state index in [2.05, 4.69) is 15.6 Å². The number of hydrogen-bond donors (Lipinski definition) is 3. The van der Waals surface area contributed by atoms with Crippen LogP contribution in [0.2, 0.25) is 0 Å². The molecule has 0 aliphatic carbocycles. The Hall–Kier alpha value is -2.11. The van der Waals surface area contributed by atoms with Gasteiger partial charge in [-0.2, -0.15) is 0 Å². The van der Waals surface area contributed by atoms with E-state index in [1.54, 1.807) is 19.1 Å². The molecule has 0 bridgehead atoms. The maximum atomic E-state index is 11.9. The summed E-state index contributed by atoms with van der Waals surface area (Å²) in [6.45, 7) is 6.19. The predicted molar refractivity (Wildman–Crippen MR) is 73.4 cm³/mol. The number of carbonyl (C=O) groups excluding carboxylic acids is 2. The highest BCUT2D eigenvalue weighted by molar-refractivity contribution is 5.99. The Kier molecular flexibility index (Phi) is 5.29. The maximum Gasteiger partial charge on any atom is 0.272 e. The standard InChI is InChI=1S/C13H20N4O2/c1-8(2)7-16-12(18)9(3)17-13(19)11-10(14)5-4-6-15-11/h4-6,8-9H,7,14H2,1-3H3,(H,16,18)(H,17,19). The second kappa shape index (κ2) is 6.72. The fourth-order valence-electron chi connectivity index (χ4n) is 1.40. The third kappa shape index (κ3) is 4.57. The molecule has 1 heterocycles. The quantitative estimate of drug-likeness (QED) is 0.723. The first kappa shape index (κ1) is 14.9. The van der Waals surface area contributed by atoms with Gasteiger partial charge in [-0.25, -0.2) is 4.98 Å². The van der Waals surface area contributed by atoms with Crippen LogP contribution in [0.15, 0.2) is 18.3 Å². The van der Waals surface area contributed by atoms with E-state index in [0.29, 0.717) is 12.5 Å². The van der Waals surface area contributed by atoms with Crippen LogP contribution in [0.3, 0.4) is 0 Å². The summed E-state index contributed by atoms with van der Waals surface area (Å²) in [6, 6.07) is 2.60. The van der Waals surface area contributed by atoms with Crippen molar-refractivity contribution in [3.05, 3.63) is 24.0 Å². The lowest BCUT2D eigenvalue weighted by molar-refractivity contribution is -0.122. The highest BCUT2D eigenvalue weighted by Crippen LogP contribution is 2.06. The van der Waals surface area contributed by atoms with E-state index in [1.807, 2.05) is 13.8 Å². The summed E-state index contributed by atoms with van der Waals surface area (Å²) in [4.78, 5) is 27.5. The molecular weight excluding hydrogens is 244 g/mol. The van der Waals surface area contributed by atoms with Crippen LogP contribution in [0.1, 0.15) is 31.3 Å². The molecule has 0 fully saturated rings. The van der Waals surface area contributed by atoms with Gasteiger partial charge >= 0.3 is 0 Å². The zero-order valence-corrected chi connectivity index (χ0v) is 11.4. The van der Waals surface area contributed by atoms with E-state index >= 15 is 0 Å². The van der Waals surface area contributed by atoms with Crippen molar-refractivity contribution in [3.63, 3.8) is 0 Å². The monoisotopic (exact) mass is 264 g/mol. The largest absolute Gasteiger partial charge is 0.397 e. The number of nitrogens with zero attached hydrogens (tertiary/aromatic N) is 1. The molecule has 0 aliphatic rings. The number of nitrogen functional groups attached to an aromatic ring is 1. The summed E-state index contributed by atoms with van der Waals surface area (Å²) >= 11 is 0. The summed E-state index contributed by atoms with van der Waals surface area (Å²) in [5.41, 5.74) is 6.07. The van der Waals surface area contributed by atoms with E-state index in [-0.39, 0.29) is 17.3 Å². The molecule has 1 aromatic rings. The predicted octanol–water partition coefficient (Wildman–Crippen LogP) is 0.554. The van der Waals surface area contributed by atoms with Gasteiger partial charge in [0.1, 0.15) is 6.04 Å². The number of amides is 2. The number of rotatable bonds is 5. The molecule has 6 nitrogen and oxygen atoms in total. The fourth-order valence-corrected chi connectivity index (χ4v) is 1.40. The molecule has 1 unspecified atom stereocenters. The van der Waals surface area contributed by atoms with Crippen LogP contribution < -0.4 is 16.4 Å². The highest BCUT2D eigenvalue weighted by atomic mass is 16.2. The maximum absolute atomic E-state index is 11.9. The minimum Gasteiger partial charge on any atom is -0.397 e. The molecule has 4 N–H and O–H groups in total. The molecule has 0 spiro atoms. The highest BCUT2D eigenvalue weighted by Gasteiger charge is 2.18. The van der Waals surface area contributed by atoms with Gasteiger partial charge in [0.05, 0.1) is 5.69 Å². The van der Waals surface area contributed by atoms with Crippen LogP contribution >= 0.6 is 0 Å². The van der Waals surface area contributed by atoms with Crippen molar-refractivity contribution >= 4 is 17.5 Å². The Labute approximate surface area is 112 Å². The average Bonchev–Trinajstić information content (AvgIpc) is 2.36. The molecule has 0 aliphatic heterocycles. The lowest BCUT2D eigenvalue weighted by Gasteiger charge is -2.15. The normalized spacial score (nSPS) is 12.0. The lowest BCUT2D eigenvalue weighted by atomic mass is 10.2. The SMILES string of the molecule is CC(C)CNC(=O)C(C)NC(=O)c1ncccc1N. The number of hydrogen-bond acceptors (Lipinski definition) is 4. The lowest BCUT2D eigenvalue weighted by Crippen LogP contribution is -2.45. The summed E-state index contributed by atoms with van der Waals surface area (Å²) in [7, 11) is 0. The Bertz CT molecular complexity index is 460. The zero-order chi connectivity index (χ0) is 14.4. The third-order valence-corrected chi connectivity index (χ3v) is 2.48. The van der Waals surface area contributed by atoms with Crippen molar-refractivity contribution in [1.82, 2.24) is 15.6 Å². The Morgan fingerprint density at radius 3 is 2.63 bits per heavy atom. The van der Waals surface area contributed by atoms with Crippen molar-refractivity contribution < 1.29 is 9.59 Å². The van der Waals surface area contributed by atoms with Gasteiger partial charge in [-0.3, -0.25) is 9.59 Å². The summed E-state index contributed by atoms with van der Waals surface area (Å²) in [6.07, 6.45) is 1.48. The molecule has 0 aromatic carbocycles. The number of pyridine rings is 1. The van der Waals surface area contributed by atoms with Crippen LogP contribution in [-0.4, -0.2) is 29.4 Å². The van der Waals surface area contributed by atoms with Crippen molar-refractivity contribution in [2.75, 3.05) is 12.3 Å². The third-order valence-electron chi connectivity index (χ3n) is 2.48. The minimum absolute atomic E-state index is 0.131. The van der Waals surface area contributed by atoms with Gasteiger partial charge in [0, 0.05) is 12.7 Å². The van der Waals surface area contributed by atoms with Gasteiger partial charge in [0.2, 0.25) is 5.91 Å². The molecule has 0 saturated heterocycles. The molecule has 1 rings (SSSR count). The topological polar surface area (TPSA) is 97.1 Å². The van der Waals surface area contributed by atoms with Gasteiger partial charge in [-0.05, 0) is 25.0 Å². The molecular formula is C13H20N4O2. The van der Waals surface area contributed by atoms with E-state index < -0.39 is 11.9 Å². The van der Waals surface area contributed by atoms with Gasteiger partial charge in [-0.1, -0.05) is 13.8 Å². The number of anilines is 1. The van der Waals surface area contributed by atoms with E-state index in [1.165, 1.54) is 6.20 Å². The summed E-state index contributed by atoms with van der Waals surface area (Å²) < 4.78 is 0. The molecule has 0 saturated carbocycles. The van der Waals surface area contributed by atoms with Crippen LogP contribution in [0.4, 0.5) is 5.69 Å². The van der Waals surface area contributed by atoms with Crippen LogP contribution in [-0.2, 0) is 4.79 Å². The number of nitrogens with one attached hydrogen (secondary N) is 2. The van der Waals surface area contributed by atoms with Gasteiger partial charge in [0.15, 0.2) is 5.69 Å². The Morgan fingerprint density at radius 1 is 1.37 bits per heavy atom. The first-order valence-electron chi connectivity index (χ1n) is 6.21. The van der Waals surface area contributed by atoms with Crippen molar-refractivity contribution in [2.24, 2.45) is 5.92 Å². The molecule has 2 amide bonds. The first-order chi connectivity index (χ1) is 8.91. The average molecular weight is 264 g/mol. The Morgan fingerprint density at radius 2 is 2.05 bits per heavy atom. The smallest absolute Gasteiger partial charge is 0.272 e. The van der Waals surface area contributed by atoms with E-state index in [4.69, 9.17) is 5.73 Å². The second-order valence-electron chi connectivity index (χ2n) is 4.78. The molecule has 1 aromatic heterocycles. The van der Waals surface area contributed by atoms with E-state index in [0.717, 1.165) is 0 Å². The fraction of sp³-hybridized carbons (Fsp3) is 0.462. The molecule has 6 heteroatoms. The van der Waals surface area contributed by atoms with Crippen molar-refractivity contribution in [1.29, 1.82) is 0 Å². The van der Waals surface area contributed by atoms with E-state index in [9.17, 15) is 9.59 Å². The zero-order valence-electron chi connectivity index (χ0n) is 11.4. The molecule has 19 heavy (non-hydrogen) atoms. The summed E-state index contributed by atoms with van der Waals surface area (Å²) in [5.74, 6) is -0.319. The van der Waals surface area contributed by atoms with Gasteiger partial charge in [0.25, 0.3) is 5.91 Å². The minimum atomic E-state index is -0.632. The van der Waals surface area contributed by atoms with Gasteiger partial charge < -0.3 is 16.4 Å². The molecule has 1 atom stereocenters. The van der Waals surface area contributed by atoms with Crippen LogP contribution in [0, 0.1) is 5.92 Å². The van der Waals surface area contributed by atoms with Crippen molar-refractivity contribution in [2.45, 2.75) is 26.8 Å². The first-order valence-corrected chi connectivity index (χ1v) is 6.21. The van der Waals surface area contributed by atoms with Gasteiger partial charge in [-0.15, -0.1) is 0 Å². The van der Waals surface area contributed by atoms with Crippen molar-refractivity contribution in [3.8, 4) is 0 Å². The number of nitrogens with two attached hydrogens (primary N) is 1.